The number of rotatable bonds is 1. The molecule has 0 fully saturated rings. The fraction of sp³-hybridized carbons (Fsp3) is 0.125. The van der Waals surface area contributed by atoms with Gasteiger partial charge in [0.25, 0.3) is 0 Å². The van der Waals surface area contributed by atoms with Gasteiger partial charge in [0.2, 0.25) is 0 Å². The van der Waals surface area contributed by atoms with Gasteiger partial charge < -0.3 is 4.74 Å². The number of hydrogen-bond donors (Lipinski definition) is 0. The van der Waals surface area contributed by atoms with Crippen LogP contribution in [0, 0.1) is 5.82 Å². The maximum absolute atomic E-state index is 13.0. The van der Waals surface area contributed by atoms with Crippen LogP contribution in [0.15, 0.2) is 21.1 Å². The number of carbonyl (C=O) groups excluding carboxylic acids is 1. The molecule has 0 radical (unpaired) electrons. The molecule has 0 spiro atoms. The number of carbonyl (C=O) groups is 1. The van der Waals surface area contributed by atoms with Crippen LogP contribution in [0.2, 0.25) is 0 Å². The highest BCUT2D eigenvalue weighted by atomic mass is 79.9. The monoisotopic (exact) mass is 310 g/mol. The summed E-state index contributed by atoms with van der Waals surface area (Å²) in [6.45, 7) is 0. The molecule has 0 atom stereocenters. The Balaban J connectivity index is 3.23. The van der Waals surface area contributed by atoms with E-state index in [0.717, 1.165) is 6.07 Å². The van der Waals surface area contributed by atoms with Crippen molar-refractivity contribution in [1.82, 2.24) is 0 Å². The SMILES string of the molecule is COC(=O)c1cc(F)c(Br)cc1Br. The molecule has 0 unspecified atom stereocenters. The van der Waals surface area contributed by atoms with Crippen molar-refractivity contribution in [2.24, 2.45) is 0 Å². The highest BCUT2D eigenvalue weighted by molar-refractivity contribution is 9.11. The van der Waals surface area contributed by atoms with Crippen molar-refractivity contribution >= 4 is 37.8 Å². The van der Waals surface area contributed by atoms with Crippen LogP contribution in [0.1, 0.15) is 10.4 Å². The molecule has 0 aliphatic rings. The molecule has 70 valence electrons. The Kier molecular flexibility index (Phi) is 3.44. The summed E-state index contributed by atoms with van der Waals surface area (Å²) in [5.41, 5.74) is 0.170. The second-order valence-corrected chi connectivity index (χ2v) is 3.95. The minimum absolute atomic E-state index is 0.170. The molecule has 0 bridgehead atoms. The highest BCUT2D eigenvalue weighted by Crippen LogP contribution is 2.25. The molecule has 0 saturated carbocycles. The van der Waals surface area contributed by atoms with Gasteiger partial charge in [-0.3, -0.25) is 0 Å². The molecule has 0 N–H and O–H groups in total. The van der Waals surface area contributed by atoms with E-state index in [1.807, 2.05) is 0 Å². The van der Waals surface area contributed by atoms with Crippen LogP contribution in [-0.4, -0.2) is 13.1 Å². The lowest BCUT2D eigenvalue weighted by atomic mass is 10.2. The first-order valence-corrected chi connectivity index (χ1v) is 4.87. The molecular formula is C8H5Br2FO2. The molecule has 13 heavy (non-hydrogen) atoms. The summed E-state index contributed by atoms with van der Waals surface area (Å²) < 4.78 is 18.2. The molecule has 5 heteroatoms. The van der Waals surface area contributed by atoms with Crippen molar-refractivity contribution in [1.29, 1.82) is 0 Å². The van der Waals surface area contributed by atoms with Crippen LogP contribution in [-0.2, 0) is 4.74 Å². The number of esters is 1. The maximum atomic E-state index is 13.0. The van der Waals surface area contributed by atoms with E-state index in [4.69, 9.17) is 0 Å². The Hall–Kier alpha value is -0.420. The minimum Gasteiger partial charge on any atom is -0.465 e. The van der Waals surface area contributed by atoms with Gasteiger partial charge in [0.1, 0.15) is 5.82 Å². The fourth-order valence-electron chi connectivity index (χ4n) is 0.789. The first-order chi connectivity index (χ1) is 6.06. The first-order valence-electron chi connectivity index (χ1n) is 3.29. The molecule has 1 rings (SSSR count). The average molecular weight is 312 g/mol. The second-order valence-electron chi connectivity index (χ2n) is 2.24. The Morgan fingerprint density at radius 3 is 2.54 bits per heavy atom. The fourth-order valence-corrected chi connectivity index (χ4v) is 1.94. The molecule has 2 nitrogen and oxygen atoms in total. The maximum Gasteiger partial charge on any atom is 0.339 e. The Morgan fingerprint density at radius 1 is 1.38 bits per heavy atom. The van der Waals surface area contributed by atoms with Crippen LogP contribution in [0.3, 0.4) is 0 Å². The molecule has 0 aliphatic heterocycles. The van der Waals surface area contributed by atoms with Gasteiger partial charge in [-0.2, -0.15) is 0 Å². The van der Waals surface area contributed by atoms with Crippen molar-refractivity contribution in [3.8, 4) is 0 Å². The predicted molar refractivity (Wildman–Crippen MR) is 53.1 cm³/mol. The van der Waals surface area contributed by atoms with Crippen LogP contribution < -0.4 is 0 Å². The summed E-state index contributed by atoms with van der Waals surface area (Å²) in [7, 11) is 1.24. The van der Waals surface area contributed by atoms with E-state index in [-0.39, 0.29) is 5.56 Å². The van der Waals surface area contributed by atoms with E-state index in [1.165, 1.54) is 13.2 Å². The highest BCUT2D eigenvalue weighted by Gasteiger charge is 2.13. The summed E-state index contributed by atoms with van der Waals surface area (Å²) in [4.78, 5) is 11.1. The third-order valence-electron chi connectivity index (χ3n) is 1.42. The molecule has 1 aromatic carbocycles. The lowest BCUT2D eigenvalue weighted by Gasteiger charge is -2.03. The number of ether oxygens (including phenoxy) is 1. The Bertz CT molecular complexity index is 352. The number of halogens is 3. The third kappa shape index (κ3) is 2.28. The normalized spacial score (nSPS) is 9.85. The zero-order chi connectivity index (χ0) is 10.0. The molecule has 0 heterocycles. The van der Waals surface area contributed by atoms with Gasteiger partial charge in [0.05, 0.1) is 17.1 Å². The van der Waals surface area contributed by atoms with Crippen LogP contribution in [0.4, 0.5) is 4.39 Å². The average Bonchev–Trinajstić information content (AvgIpc) is 2.10. The number of hydrogen-bond acceptors (Lipinski definition) is 2. The largest absolute Gasteiger partial charge is 0.465 e. The van der Waals surface area contributed by atoms with Gasteiger partial charge in [0, 0.05) is 4.47 Å². The number of methoxy groups -OCH3 is 1. The molecule has 1 aromatic rings. The van der Waals surface area contributed by atoms with Crippen LogP contribution >= 0.6 is 31.9 Å². The van der Waals surface area contributed by atoms with E-state index in [0.29, 0.717) is 8.95 Å². The topological polar surface area (TPSA) is 26.3 Å². The van der Waals surface area contributed by atoms with E-state index in [1.54, 1.807) is 0 Å². The van der Waals surface area contributed by atoms with Gasteiger partial charge in [-0.25, -0.2) is 9.18 Å². The predicted octanol–water partition coefficient (Wildman–Crippen LogP) is 3.14. The number of benzene rings is 1. The summed E-state index contributed by atoms with van der Waals surface area (Å²) in [5, 5.41) is 0. The van der Waals surface area contributed by atoms with Gasteiger partial charge >= 0.3 is 5.97 Å². The van der Waals surface area contributed by atoms with E-state index in [2.05, 4.69) is 36.6 Å². The summed E-state index contributed by atoms with van der Waals surface area (Å²) in [6, 6.07) is 2.57. The van der Waals surface area contributed by atoms with Gasteiger partial charge in [-0.15, -0.1) is 0 Å². The zero-order valence-corrected chi connectivity index (χ0v) is 9.78. The molecule has 0 aromatic heterocycles. The van der Waals surface area contributed by atoms with E-state index < -0.39 is 11.8 Å². The van der Waals surface area contributed by atoms with Crippen molar-refractivity contribution < 1.29 is 13.9 Å². The Morgan fingerprint density at radius 2 is 2.00 bits per heavy atom. The van der Waals surface area contributed by atoms with Gasteiger partial charge in [0.15, 0.2) is 0 Å². The lowest BCUT2D eigenvalue weighted by Crippen LogP contribution is -2.03. The standard InChI is InChI=1S/C8H5Br2FO2/c1-13-8(12)4-2-7(11)6(10)3-5(4)9/h2-3H,1H3. The Labute approximate surface area is 91.3 Å². The summed E-state index contributed by atoms with van der Waals surface area (Å²) >= 11 is 6.12. The second kappa shape index (κ2) is 4.19. The first kappa shape index (κ1) is 10.7. The lowest BCUT2D eigenvalue weighted by molar-refractivity contribution is 0.0599. The van der Waals surface area contributed by atoms with Crippen molar-refractivity contribution in [2.75, 3.05) is 7.11 Å². The summed E-state index contributed by atoms with van der Waals surface area (Å²) in [5.74, 6) is -1.07. The van der Waals surface area contributed by atoms with E-state index in [9.17, 15) is 9.18 Å². The van der Waals surface area contributed by atoms with Gasteiger partial charge in [-0.05, 0) is 44.0 Å². The van der Waals surface area contributed by atoms with Crippen molar-refractivity contribution in [3.63, 3.8) is 0 Å². The van der Waals surface area contributed by atoms with Crippen LogP contribution in [0.25, 0.3) is 0 Å². The quantitative estimate of drug-likeness (QED) is 0.588. The molecule has 0 saturated heterocycles. The van der Waals surface area contributed by atoms with Gasteiger partial charge in [-0.1, -0.05) is 0 Å². The summed E-state index contributed by atoms with van der Waals surface area (Å²) in [6.07, 6.45) is 0. The molecule has 0 aliphatic carbocycles. The molecule has 0 amide bonds. The minimum atomic E-state index is -0.571. The zero-order valence-electron chi connectivity index (χ0n) is 6.61. The molecular weight excluding hydrogens is 307 g/mol. The van der Waals surface area contributed by atoms with Crippen molar-refractivity contribution in [3.05, 3.63) is 32.5 Å². The van der Waals surface area contributed by atoms with Crippen LogP contribution in [0.5, 0.6) is 0 Å². The smallest absolute Gasteiger partial charge is 0.339 e. The van der Waals surface area contributed by atoms with E-state index >= 15 is 0 Å². The third-order valence-corrected chi connectivity index (χ3v) is 2.68. The van der Waals surface area contributed by atoms with Crippen molar-refractivity contribution in [2.45, 2.75) is 0 Å².